The lowest BCUT2D eigenvalue weighted by Gasteiger charge is -2.17. The van der Waals surface area contributed by atoms with Crippen LogP contribution in [0.4, 0.5) is 0 Å². The fraction of sp³-hybridized carbons (Fsp3) is 0.455. The maximum absolute atomic E-state index is 5.91. The number of halogens is 1. The zero-order chi connectivity index (χ0) is 10.9. The molecule has 1 aromatic carbocycles. The fourth-order valence-corrected chi connectivity index (χ4v) is 2.28. The van der Waals surface area contributed by atoms with Crippen molar-refractivity contribution < 1.29 is 4.74 Å². The Bertz CT molecular complexity index is 348. The van der Waals surface area contributed by atoms with Gasteiger partial charge >= 0.3 is 0 Å². The molecule has 2 nitrogen and oxygen atoms in total. The van der Waals surface area contributed by atoms with Crippen molar-refractivity contribution in [3.05, 3.63) is 27.2 Å². The van der Waals surface area contributed by atoms with E-state index in [0.29, 0.717) is 0 Å². The predicted molar refractivity (Wildman–Crippen MR) is 62.8 cm³/mol. The van der Waals surface area contributed by atoms with Gasteiger partial charge in [0.05, 0.1) is 11.6 Å². The summed E-state index contributed by atoms with van der Waals surface area (Å²) in [5.74, 6) is 0.865. The van der Waals surface area contributed by atoms with E-state index in [-0.39, 0.29) is 6.04 Å². The quantitative estimate of drug-likeness (QED) is 0.884. The zero-order valence-corrected chi connectivity index (χ0v) is 10.6. The van der Waals surface area contributed by atoms with Crippen molar-refractivity contribution in [1.82, 2.24) is 0 Å². The van der Waals surface area contributed by atoms with Crippen molar-refractivity contribution in [2.45, 2.75) is 26.8 Å². The Morgan fingerprint density at radius 2 is 2.00 bits per heavy atom. The molecule has 3 heteroatoms. The predicted octanol–water partition coefficient (Wildman–Crippen LogP) is 3.09. The van der Waals surface area contributed by atoms with Crippen LogP contribution in [-0.2, 0) is 0 Å². The molecule has 0 heterocycles. The summed E-state index contributed by atoms with van der Waals surface area (Å²) < 4.78 is 6.25. The molecule has 0 amide bonds. The van der Waals surface area contributed by atoms with E-state index < -0.39 is 0 Å². The first kappa shape index (κ1) is 11.5. The number of methoxy groups -OCH3 is 1. The maximum atomic E-state index is 5.91. The fourth-order valence-electron chi connectivity index (χ4n) is 1.79. The topological polar surface area (TPSA) is 35.2 Å². The van der Waals surface area contributed by atoms with Gasteiger partial charge in [-0.3, -0.25) is 0 Å². The highest BCUT2D eigenvalue weighted by Gasteiger charge is 2.13. The van der Waals surface area contributed by atoms with Gasteiger partial charge in [0, 0.05) is 6.04 Å². The van der Waals surface area contributed by atoms with E-state index in [1.165, 1.54) is 11.1 Å². The van der Waals surface area contributed by atoms with Crippen LogP contribution < -0.4 is 10.5 Å². The van der Waals surface area contributed by atoms with E-state index in [2.05, 4.69) is 29.8 Å². The van der Waals surface area contributed by atoms with Gasteiger partial charge in [0.25, 0.3) is 0 Å². The molecule has 0 spiro atoms. The number of ether oxygens (including phenoxy) is 1. The molecule has 0 aliphatic heterocycles. The number of aryl methyl sites for hydroxylation is 1. The average Bonchev–Trinajstić information content (AvgIpc) is 2.10. The summed E-state index contributed by atoms with van der Waals surface area (Å²) in [6, 6.07) is 2.06. The van der Waals surface area contributed by atoms with Crippen molar-refractivity contribution >= 4 is 15.9 Å². The van der Waals surface area contributed by atoms with Gasteiger partial charge in [-0.2, -0.15) is 0 Å². The highest BCUT2D eigenvalue weighted by molar-refractivity contribution is 9.10. The normalized spacial score (nSPS) is 12.7. The van der Waals surface area contributed by atoms with Gasteiger partial charge in [-0.15, -0.1) is 0 Å². The molecule has 1 aromatic rings. The van der Waals surface area contributed by atoms with E-state index in [0.717, 1.165) is 15.8 Å². The summed E-state index contributed by atoms with van der Waals surface area (Å²) in [7, 11) is 1.67. The monoisotopic (exact) mass is 257 g/mol. The van der Waals surface area contributed by atoms with Crippen LogP contribution >= 0.6 is 15.9 Å². The summed E-state index contributed by atoms with van der Waals surface area (Å²) in [6.07, 6.45) is 0. The minimum absolute atomic E-state index is 0.0530. The first-order chi connectivity index (χ1) is 6.49. The van der Waals surface area contributed by atoms with Gasteiger partial charge < -0.3 is 10.5 Å². The van der Waals surface area contributed by atoms with Crippen LogP contribution in [0.5, 0.6) is 5.75 Å². The summed E-state index contributed by atoms with van der Waals surface area (Å²) in [5, 5.41) is 0. The average molecular weight is 258 g/mol. The van der Waals surface area contributed by atoms with Crippen LogP contribution in [0.1, 0.15) is 29.7 Å². The molecule has 0 aliphatic rings. The summed E-state index contributed by atoms with van der Waals surface area (Å²) in [6.45, 7) is 6.10. The lowest BCUT2D eigenvalue weighted by Crippen LogP contribution is -2.10. The molecular weight excluding hydrogens is 242 g/mol. The van der Waals surface area contributed by atoms with E-state index in [1.54, 1.807) is 7.11 Å². The standard InChI is InChI=1S/C11H16BrNO/c1-6-5-9(14-4)11(12)7(2)10(6)8(3)13/h5,8H,13H2,1-4H3. The lowest BCUT2D eigenvalue weighted by atomic mass is 9.97. The van der Waals surface area contributed by atoms with Crippen LogP contribution in [0, 0.1) is 13.8 Å². The SMILES string of the molecule is COc1cc(C)c(C(C)N)c(C)c1Br. The van der Waals surface area contributed by atoms with Crippen LogP contribution in [0.25, 0.3) is 0 Å². The number of hydrogen-bond acceptors (Lipinski definition) is 2. The van der Waals surface area contributed by atoms with Crippen LogP contribution in [0.15, 0.2) is 10.5 Å². The first-order valence-corrected chi connectivity index (χ1v) is 5.37. The maximum Gasteiger partial charge on any atom is 0.133 e. The molecule has 0 saturated carbocycles. The van der Waals surface area contributed by atoms with Crippen molar-refractivity contribution in [2.75, 3.05) is 7.11 Å². The third-order valence-corrected chi connectivity index (χ3v) is 3.38. The summed E-state index contributed by atoms with van der Waals surface area (Å²) >= 11 is 3.51. The van der Waals surface area contributed by atoms with Crippen molar-refractivity contribution in [3.8, 4) is 5.75 Å². The van der Waals surface area contributed by atoms with Gasteiger partial charge in [-0.25, -0.2) is 0 Å². The molecule has 78 valence electrons. The van der Waals surface area contributed by atoms with Crippen molar-refractivity contribution in [1.29, 1.82) is 0 Å². The van der Waals surface area contributed by atoms with Crippen LogP contribution in [0.3, 0.4) is 0 Å². The van der Waals surface area contributed by atoms with Gasteiger partial charge in [0.1, 0.15) is 5.75 Å². The van der Waals surface area contributed by atoms with Crippen molar-refractivity contribution in [3.63, 3.8) is 0 Å². The molecule has 14 heavy (non-hydrogen) atoms. The van der Waals surface area contributed by atoms with Crippen LogP contribution in [0.2, 0.25) is 0 Å². The van der Waals surface area contributed by atoms with Gasteiger partial charge in [-0.1, -0.05) is 0 Å². The molecule has 0 aliphatic carbocycles. The van der Waals surface area contributed by atoms with Gasteiger partial charge in [0.2, 0.25) is 0 Å². The second-order valence-corrected chi connectivity index (χ2v) is 4.33. The largest absolute Gasteiger partial charge is 0.496 e. The smallest absolute Gasteiger partial charge is 0.133 e. The highest BCUT2D eigenvalue weighted by Crippen LogP contribution is 2.34. The number of benzene rings is 1. The van der Waals surface area contributed by atoms with Gasteiger partial charge in [0.15, 0.2) is 0 Å². The Morgan fingerprint density at radius 3 is 2.43 bits per heavy atom. The minimum atomic E-state index is 0.0530. The second-order valence-electron chi connectivity index (χ2n) is 3.54. The number of nitrogens with two attached hydrogens (primary N) is 1. The summed E-state index contributed by atoms with van der Waals surface area (Å²) in [5.41, 5.74) is 9.45. The zero-order valence-electron chi connectivity index (χ0n) is 9.02. The Hall–Kier alpha value is -0.540. The molecule has 0 saturated heterocycles. The highest BCUT2D eigenvalue weighted by atomic mass is 79.9. The molecule has 2 N–H and O–H groups in total. The molecule has 1 unspecified atom stereocenters. The Balaban J connectivity index is 3.41. The molecule has 0 fully saturated rings. The van der Waals surface area contributed by atoms with Crippen LogP contribution in [-0.4, -0.2) is 7.11 Å². The first-order valence-electron chi connectivity index (χ1n) is 4.58. The molecular formula is C11H16BrNO. The third kappa shape index (κ3) is 1.93. The van der Waals surface area contributed by atoms with E-state index in [4.69, 9.17) is 10.5 Å². The van der Waals surface area contributed by atoms with Crippen molar-refractivity contribution in [2.24, 2.45) is 5.73 Å². The third-order valence-electron chi connectivity index (χ3n) is 2.40. The minimum Gasteiger partial charge on any atom is -0.496 e. The Labute approximate surface area is 93.6 Å². The second kappa shape index (κ2) is 4.32. The van der Waals surface area contributed by atoms with E-state index >= 15 is 0 Å². The van der Waals surface area contributed by atoms with E-state index in [9.17, 15) is 0 Å². The molecule has 0 bridgehead atoms. The number of hydrogen-bond donors (Lipinski definition) is 1. The Kier molecular flexibility index (Phi) is 3.56. The summed E-state index contributed by atoms with van der Waals surface area (Å²) in [4.78, 5) is 0. The molecule has 1 atom stereocenters. The molecule has 1 rings (SSSR count). The lowest BCUT2D eigenvalue weighted by molar-refractivity contribution is 0.411. The van der Waals surface area contributed by atoms with Gasteiger partial charge in [-0.05, 0) is 59.5 Å². The molecule has 0 aromatic heterocycles. The Morgan fingerprint density at radius 1 is 1.43 bits per heavy atom. The molecule has 0 radical (unpaired) electrons. The number of rotatable bonds is 2. The van der Waals surface area contributed by atoms with E-state index in [1.807, 2.05) is 13.0 Å².